The second-order valence-electron chi connectivity index (χ2n) is 4.81. The molecule has 1 unspecified atom stereocenters. The van der Waals surface area contributed by atoms with Crippen LogP contribution in [0.5, 0.6) is 0 Å². The van der Waals surface area contributed by atoms with Crippen molar-refractivity contribution in [3.05, 3.63) is 59.3 Å². The average Bonchev–Trinajstić information content (AvgIpc) is 2.98. The topological polar surface area (TPSA) is 54.3 Å². The Kier molecular flexibility index (Phi) is 3.52. The normalized spacial score (nSPS) is 17.6. The lowest BCUT2D eigenvalue weighted by atomic mass is 9.95. The van der Waals surface area contributed by atoms with Crippen LogP contribution in [0.15, 0.2) is 41.0 Å². The van der Waals surface area contributed by atoms with Crippen LogP contribution in [-0.2, 0) is 24.3 Å². The molecule has 2 N–H and O–H groups in total. The van der Waals surface area contributed by atoms with Crippen molar-refractivity contribution in [1.82, 2.24) is 10.6 Å². The van der Waals surface area contributed by atoms with Crippen LogP contribution >= 0.6 is 0 Å². The molecule has 1 aromatic carbocycles. The molecule has 20 heavy (non-hydrogen) atoms. The molecule has 0 radical (unpaired) electrons. The monoisotopic (exact) mass is 274 g/mol. The number of carbonyl (C=O) groups is 1. The van der Waals surface area contributed by atoms with E-state index in [1.807, 2.05) is 6.07 Å². The van der Waals surface area contributed by atoms with E-state index >= 15 is 0 Å². The maximum atomic E-state index is 13.7. The Labute approximate surface area is 116 Å². The molecular formula is C15H15FN2O2. The maximum Gasteiger partial charge on any atom is 0.237 e. The number of amides is 1. The standard InChI is InChI=1S/C15H15FN2O2/c16-13-5-1-3-10-8-17-14(7-12(10)13)15(19)18-9-11-4-2-6-20-11/h1-6,14,17H,7-9H2,(H,18,19). The number of carbonyl (C=O) groups excluding carboxylic acids is 1. The van der Waals surface area contributed by atoms with Gasteiger partial charge in [0.25, 0.3) is 0 Å². The molecule has 1 aromatic heterocycles. The molecule has 104 valence electrons. The van der Waals surface area contributed by atoms with Crippen molar-refractivity contribution in [2.24, 2.45) is 0 Å². The lowest BCUT2D eigenvalue weighted by Gasteiger charge is -2.25. The fourth-order valence-corrected chi connectivity index (χ4v) is 2.40. The van der Waals surface area contributed by atoms with Crippen molar-refractivity contribution in [2.75, 3.05) is 0 Å². The van der Waals surface area contributed by atoms with Gasteiger partial charge in [0.2, 0.25) is 5.91 Å². The summed E-state index contributed by atoms with van der Waals surface area (Å²) < 4.78 is 18.9. The fraction of sp³-hybridized carbons (Fsp3) is 0.267. The molecule has 0 fully saturated rings. The van der Waals surface area contributed by atoms with Gasteiger partial charge >= 0.3 is 0 Å². The summed E-state index contributed by atoms with van der Waals surface area (Å²) in [7, 11) is 0. The molecule has 0 saturated heterocycles. The zero-order chi connectivity index (χ0) is 13.9. The average molecular weight is 274 g/mol. The predicted octanol–water partition coefficient (Wildman–Crippen LogP) is 1.75. The SMILES string of the molecule is O=C(NCc1ccco1)C1Cc2c(F)cccc2CN1. The van der Waals surface area contributed by atoms with E-state index in [1.54, 1.807) is 24.5 Å². The fourth-order valence-electron chi connectivity index (χ4n) is 2.40. The summed E-state index contributed by atoms with van der Waals surface area (Å²) in [5, 5.41) is 5.91. The predicted molar refractivity (Wildman–Crippen MR) is 71.3 cm³/mol. The number of nitrogens with one attached hydrogen (secondary N) is 2. The Hall–Kier alpha value is -2.14. The molecule has 1 aliphatic heterocycles. The van der Waals surface area contributed by atoms with E-state index in [2.05, 4.69) is 10.6 Å². The van der Waals surface area contributed by atoms with E-state index in [9.17, 15) is 9.18 Å². The van der Waals surface area contributed by atoms with E-state index in [0.29, 0.717) is 30.8 Å². The summed E-state index contributed by atoms with van der Waals surface area (Å²) >= 11 is 0. The Morgan fingerprint density at radius 2 is 2.30 bits per heavy atom. The summed E-state index contributed by atoms with van der Waals surface area (Å²) in [6.07, 6.45) is 1.93. The maximum absolute atomic E-state index is 13.7. The largest absolute Gasteiger partial charge is 0.467 e. The Morgan fingerprint density at radius 3 is 3.10 bits per heavy atom. The summed E-state index contributed by atoms with van der Waals surface area (Å²) in [6.45, 7) is 0.847. The van der Waals surface area contributed by atoms with Crippen molar-refractivity contribution < 1.29 is 13.6 Å². The minimum absolute atomic E-state index is 0.143. The Morgan fingerprint density at radius 1 is 1.40 bits per heavy atom. The number of hydrogen-bond donors (Lipinski definition) is 2. The van der Waals surface area contributed by atoms with Gasteiger partial charge in [-0.15, -0.1) is 0 Å². The molecular weight excluding hydrogens is 259 g/mol. The number of hydrogen-bond acceptors (Lipinski definition) is 3. The molecule has 2 heterocycles. The molecule has 0 spiro atoms. The number of benzene rings is 1. The van der Waals surface area contributed by atoms with Crippen LogP contribution in [0, 0.1) is 5.82 Å². The minimum atomic E-state index is -0.408. The van der Waals surface area contributed by atoms with E-state index < -0.39 is 6.04 Å². The number of fused-ring (bicyclic) bond motifs is 1. The van der Waals surface area contributed by atoms with E-state index in [4.69, 9.17) is 4.42 Å². The van der Waals surface area contributed by atoms with Gasteiger partial charge in [0.1, 0.15) is 11.6 Å². The van der Waals surface area contributed by atoms with Crippen LogP contribution in [0.4, 0.5) is 4.39 Å². The van der Waals surface area contributed by atoms with Crippen LogP contribution in [0.3, 0.4) is 0 Å². The van der Waals surface area contributed by atoms with Gasteiger partial charge in [0.15, 0.2) is 0 Å². The molecule has 0 saturated carbocycles. The van der Waals surface area contributed by atoms with E-state index in [0.717, 1.165) is 5.56 Å². The first-order valence-electron chi connectivity index (χ1n) is 6.54. The molecule has 1 aliphatic rings. The summed E-state index contributed by atoms with van der Waals surface area (Å²) in [4.78, 5) is 12.1. The van der Waals surface area contributed by atoms with Crippen molar-refractivity contribution >= 4 is 5.91 Å². The van der Waals surface area contributed by atoms with Gasteiger partial charge in [-0.05, 0) is 35.7 Å². The highest BCUT2D eigenvalue weighted by molar-refractivity contribution is 5.82. The van der Waals surface area contributed by atoms with Crippen molar-refractivity contribution in [3.8, 4) is 0 Å². The molecule has 5 heteroatoms. The number of furan rings is 1. The van der Waals surface area contributed by atoms with Gasteiger partial charge in [-0.3, -0.25) is 4.79 Å². The zero-order valence-corrected chi connectivity index (χ0v) is 10.9. The molecule has 4 nitrogen and oxygen atoms in total. The highest BCUT2D eigenvalue weighted by atomic mass is 19.1. The number of rotatable bonds is 3. The zero-order valence-electron chi connectivity index (χ0n) is 10.9. The third kappa shape index (κ3) is 2.58. The van der Waals surface area contributed by atoms with E-state index in [1.165, 1.54) is 6.07 Å². The van der Waals surface area contributed by atoms with Gasteiger partial charge < -0.3 is 15.1 Å². The minimum Gasteiger partial charge on any atom is -0.467 e. The second kappa shape index (κ2) is 5.46. The summed E-state index contributed by atoms with van der Waals surface area (Å²) in [6, 6.07) is 8.15. The molecule has 0 aliphatic carbocycles. The third-order valence-electron chi connectivity index (χ3n) is 3.50. The second-order valence-corrected chi connectivity index (χ2v) is 4.81. The lowest BCUT2D eigenvalue weighted by Crippen LogP contribution is -2.47. The van der Waals surface area contributed by atoms with Crippen molar-refractivity contribution in [3.63, 3.8) is 0 Å². The quantitative estimate of drug-likeness (QED) is 0.896. The first kappa shape index (κ1) is 12.9. The van der Waals surface area contributed by atoms with Crippen LogP contribution < -0.4 is 10.6 Å². The van der Waals surface area contributed by atoms with Crippen LogP contribution in [0.2, 0.25) is 0 Å². The van der Waals surface area contributed by atoms with Gasteiger partial charge in [0, 0.05) is 6.54 Å². The van der Waals surface area contributed by atoms with Gasteiger partial charge in [-0.1, -0.05) is 12.1 Å². The first-order chi connectivity index (χ1) is 9.74. The Bertz CT molecular complexity index is 610. The van der Waals surface area contributed by atoms with E-state index in [-0.39, 0.29) is 11.7 Å². The molecule has 2 aromatic rings. The molecule has 1 atom stereocenters. The lowest BCUT2D eigenvalue weighted by molar-refractivity contribution is -0.123. The summed E-state index contributed by atoms with van der Waals surface area (Å²) in [5.41, 5.74) is 1.55. The third-order valence-corrected chi connectivity index (χ3v) is 3.50. The van der Waals surface area contributed by atoms with Crippen LogP contribution in [0.25, 0.3) is 0 Å². The molecule has 0 bridgehead atoms. The summed E-state index contributed by atoms with van der Waals surface area (Å²) in [5.74, 6) is 0.309. The highest BCUT2D eigenvalue weighted by Gasteiger charge is 2.25. The van der Waals surface area contributed by atoms with Crippen molar-refractivity contribution in [1.29, 1.82) is 0 Å². The van der Waals surface area contributed by atoms with Gasteiger partial charge in [-0.2, -0.15) is 0 Å². The van der Waals surface area contributed by atoms with Crippen molar-refractivity contribution in [2.45, 2.75) is 25.6 Å². The van der Waals surface area contributed by atoms with Gasteiger partial charge in [-0.25, -0.2) is 4.39 Å². The van der Waals surface area contributed by atoms with Crippen LogP contribution in [0.1, 0.15) is 16.9 Å². The molecule has 3 rings (SSSR count). The van der Waals surface area contributed by atoms with Gasteiger partial charge in [0.05, 0.1) is 18.8 Å². The Balaban J connectivity index is 1.64. The first-order valence-corrected chi connectivity index (χ1v) is 6.54. The van der Waals surface area contributed by atoms with Crippen LogP contribution in [-0.4, -0.2) is 11.9 Å². The molecule has 1 amide bonds. The number of halogens is 1. The highest BCUT2D eigenvalue weighted by Crippen LogP contribution is 2.19. The smallest absolute Gasteiger partial charge is 0.237 e.